The molecule has 0 aliphatic rings. The summed E-state index contributed by atoms with van der Waals surface area (Å²) in [5.74, 6) is -1.64. The molecule has 4 N–H and O–H groups in total. The molecule has 0 rings (SSSR count). The first kappa shape index (κ1) is 7.29. The molecule has 8 heavy (non-hydrogen) atoms. The van der Waals surface area contributed by atoms with Crippen molar-refractivity contribution in [2.75, 3.05) is 0 Å². The van der Waals surface area contributed by atoms with E-state index in [4.69, 9.17) is 0 Å². The van der Waals surface area contributed by atoms with Crippen molar-refractivity contribution in [3.05, 3.63) is 0 Å². The third-order valence-electron chi connectivity index (χ3n) is 0.539. The summed E-state index contributed by atoms with van der Waals surface area (Å²) < 4.78 is 0. The van der Waals surface area contributed by atoms with Crippen LogP contribution in [0.15, 0.2) is 0 Å². The number of primary amides is 2. The molecule has 0 aromatic carbocycles. The fraction of sp³-hybridized carbons (Fsp3) is 0.333. The van der Waals surface area contributed by atoms with E-state index in [0.717, 1.165) is 0 Å². The molecule has 4 nitrogen and oxygen atoms in total. The largest absolute Gasteiger partial charge is 0.368 e. The Labute approximate surface area is 51.6 Å². The van der Waals surface area contributed by atoms with Crippen LogP contribution in [0.4, 0.5) is 0 Å². The van der Waals surface area contributed by atoms with Gasteiger partial charge in [0.25, 0.3) is 0 Å². The van der Waals surface area contributed by atoms with E-state index in [0.29, 0.717) is 0 Å². The minimum atomic E-state index is -1.16. The molecule has 0 aromatic rings. The lowest BCUT2D eigenvalue weighted by atomic mass is 10.4. The van der Waals surface area contributed by atoms with Gasteiger partial charge in [0, 0.05) is 0 Å². The predicted octanol–water partition coefficient (Wildman–Crippen LogP) is -1.74. The maximum Gasteiger partial charge on any atom is 0.239 e. The Hall–Kier alpha value is -0.710. The van der Waals surface area contributed by atoms with Gasteiger partial charge in [0.2, 0.25) is 11.8 Å². The minimum absolute atomic E-state index is 0.819. The molecule has 0 heterocycles. The highest BCUT2D eigenvalue weighted by molar-refractivity contribution is 7.82. The molecule has 0 aromatic heterocycles. The normalized spacial score (nSPS) is 9.25. The van der Waals surface area contributed by atoms with Gasteiger partial charge in [0.15, 0.2) is 5.25 Å². The van der Waals surface area contributed by atoms with Crippen LogP contribution in [0, 0.1) is 0 Å². The van der Waals surface area contributed by atoms with Gasteiger partial charge in [-0.15, -0.1) is 0 Å². The summed E-state index contributed by atoms with van der Waals surface area (Å²) in [6, 6.07) is 0. The highest BCUT2D eigenvalue weighted by atomic mass is 32.1. The highest BCUT2D eigenvalue weighted by Crippen LogP contribution is 1.88. The van der Waals surface area contributed by atoms with Crippen molar-refractivity contribution in [2.45, 2.75) is 5.25 Å². The number of thiol groups is 1. The molecule has 0 saturated carbocycles. The van der Waals surface area contributed by atoms with Crippen LogP contribution in [0.3, 0.4) is 0 Å². The number of rotatable bonds is 2. The molecule has 0 saturated heterocycles. The SMILES string of the molecule is NC(=O)C(S)C(N)=O. The van der Waals surface area contributed by atoms with E-state index in [9.17, 15) is 9.59 Å². The van der Waals surface area contributed by atoms with Crippen molar-refractivity contribution in [3.63, 3.8) is 0 Å². The van der Waals surface area contributed by atoms with E-state index in [1.807, 2.05) is 0 Å². The molecule has 0 aliphatic carbocycles. The average Bonchev–Trinajstić information content (AvgIpc) is 1.64. The van der Waals surface area contributed by atoms with Gasteiger partial charge in [-0.2, -0.15) is 12.6 Å². The fourth-order valence-electron chi connectivity index (χ4n) is 0.140. The van der Waals surface area contributed by atoms with Crippen LogP contribution in [0.5, 0.6) is 0 Å². The van der Waals surface area contributed by atoms with Gasteiger partial charge in [-0.25, -0.2) is 0 Å². The first-order valence-electron chi connectivity index (χ1n) is 1.82. The molecule has 2 amide bonds. The van der Waals surface area contributed by atoms with E-state index in [2.05, 4.69) is 24.1 Å². The van der Waals surface area contributed by atoms with E-state index in [-0.39, 0.29) is 0 Å². The molecule has 0 atom stereocenters. The van der Waals surface area contributed by atoms with Crippen LogP contribution >= 0.6 is 12.6 Å². The summed E-state index contributed by atoms with van der Waals surface area (Å²) in [4.78, 5) is 20.0. The lowest BCUT2D eigenvalue weighted by Gasteiger charge is -1.96. The third-order valence-corrected chi connectivity index (χ3v) is 1.05. The zero-order valence-electron chi connectivity index (χ0n) is 4.00. The van der Waals surface area contributed by atoms with Crippen molar-refractivity contribution in [2.24, 2.45) is 11.5 Å². The molecule has 46 valence electrons. The van der Waals surface area contributed by atoms with Crippen molar-refractivity contribution in [3.8, 4) is 0 Å². The zero-order valence-corrected chi connectivity index (χ0v) is 4.89. The first-order valence-corrected chi connectivity index (χ1v) is 2.34. The van der Waals surface area contributed by atoms with Crippen molar-refractivity contribution in [1.82, 2.24) is 0 Å². The van der Waals surface area contributed by atoms with Crippen molar-refractivity contribution in [1.29, 1.82) is 0 Å². The smallest absolute Gasteiger partial charge is 0.239 e. The Balaban J connectivity index is 3.83. The molecule has 0 unspecified atom stereocenters. The van der Waals surface area contributed by atoms with Gasteiger partial charge in [-0.1, -0.05) is 0 Å². The maximum atomic E-state index is 9.99. The Kier molecular flexibility index (Phi) is 2.33. The summed E-state index contributed by atoms with van der Waals surface area (Å²) in [5.41, 5.74) is 9.24. The zero-order chi connectivity index (χ0) is 6.73. The molecule has 0 aliphatic heterocycles. The predicted molar refractivity (Wildman–Crippen MR) is 31.2 cm³/mol. The summed E-state index contributed by atoms with van der Waals surface area (Å²) >= 11 is 3.47. The van der Waals surface area contributed by atoms with Gasteiger partial charge in [0.05, 0.1) is 0 Å². The summed E-state index contributed by atoms with van der Waals surface area (Å²) in [5, 5.41) is -1.16. The van der Waals surface area contributed by atoms with E-state index < -0.39 is 17.1 Å². The topological polar surface area (TPSA) is 86.2 Å². The standard InChI is InChI=1S/C3H6N2O2S/c4-2(6)1(8)3(5)7/h1,8H,(H2,4,6)(H2,5,7). The lowest BCUT2D eigenvalue weighted by Crippen LogP contribution is -2.35. The highest BCUT2D eigenvalue weighted by Gasteiger charge is 2.14. The molecule has 0 radical (unpaired) electrons. The van der Waals surface area contributed by atoms with Gasteiger partial charge in [-0.05, 0) is 0 Å². The summed E-state index contributed by atoms with van der Waals surface area (Å²) in [7, 11) is 0. The van der Waals surface area contributed by atoms with Gasteiger partial charge >= 0.3 is 0 Å². The van der Waals surface area contributed by atoms with Crippen molar-refractivity contribution >= 4 is 24.4 Å². The maximum absolute atomic E-state index is 9.99. The number of carbonyl (C=O) groups is 2. The van der Waals surface area contributed by atoms with Crippen LogP contribution < -0.4 is 11.5 Å². The van der Waals surface area contributed by atoms with Gasteiger partial charge in [0.1, 0.15) is 0 Å². The van der Waals surface area contributed by atoms with Gasteiger partial charge < -0.3 is 11.5 Å². The summed E-state index contributed by atoms with van der Waals surface area (Å²) in [6.45, 7) is 0. The molecular formula is C3H6N2O2S. The molecule has 5 heteroatoms. The average molecular weight is 134 g/mol. The van der Waals surface area contributed by atoms with Crippen molar-refractivity contribution < 1.29 is 9.59 Å². The van der Waals surface area contributed by atoms with Crippen LogP contribution in [-0.2, 0) is 9.59 Å². The minimum Gasteiger partial charge on any atom is -0.368 e. The third kappa shape index (κ3) is 1.83. The van der Waals surface area contributed by atoms with Crippen LogP contribution in [-0.4, -0.2) is 17.1 Å². The Bertz CT molecular complexity index is 110. The number of hydrogen-bond donors (Lipinski definition) is 3. The summed E-state index contributed by atoms with van der Waals surface area (Å²) in [6.07, 6.45) is 0. The van der Waals surface area contributed by atoms with Crippen LogP contribution in [0.1, 0.15) is 0 Å². The fourth-order valence-corrected chi connectivity index (χ4v) is 0.140. The quantitative estimate of drug-likeness (QED) is 0.309. The number of nitrogens with two attached hydrogens (primary N) is 2. The van der Waals surface area contributed by atoms with Gasteiger partial charge in [-0.3, -0.25) is 9.59 Å². The Morgan fingerprint density at radius 1 is 1.25 bits per heavy atom. The number of carbonyl (C=O) groups excluding carboxylic acids is 2. The number of amides is 2. The molecule has 0 bridgehead atoms. The second-order valence-corrected chi connectivity index (χ2v) is 1.72. The van der Waals surface area contributed by atoms with E-state index in [1.54, 1.807) is 0 Å². The number of hydrogen-bond acceptors (Lipinski definition) is 3. The second-order valence-electron chi connectivity index (χ2n) is 1.21. The van der Waals surface area contributed by atoms with Crippen LogP contribution in [0.2, 0.25) is 0 Å². The Morgan fingerprint density at radius 2 is 1.50 bits per heavy atom. The molecule has 0 fully saturated rings. The molecule has 0 spiro atoms. The Morgan fingerprint density at radius 3 is 1.50 bits per heavy atom. The molecular weight excluding hydrogens is 128 g/mol. The van der Waals surface area contributed by atoms with Crippen LogP contribution in [0.25, 0.3) is 0 Å². The second kappa shape index (κ2) is 2.56. The van der Waals surface area contributed by atoms with E-state index >= 15 is 0 Å². The van der Waals surface area contributed by atoms with E-state index in [1.165, 1.54) is 0 Å². The monoisotopic (exact) mass is 134 g/mol. The first-order chi connectivity index (χ1) is 3.55. The lowest BCUT2D eigenvalue weighted by molar-refractivity contribution is -0.124.